The van der Waals surface area contributed by atoms with Crippen LogP contribution in [0.5, 0.6) is 0 Å². The van der Waals surface area contributed by atoms with Gasteiger partial charge < -0.3 is 4.74 Å². The van der Waals surface area contributed by atoms with Gasteiger partial charge in [0.2, 0.25) is 0 Å². The second-order valence-electron chi connectivity index (χ2n) is 2.27. The summed E-state index contributed by atoms with van der Waals surface area (Å²) in [4.78, 5) is 10.4. The van der Waals surface area contributed by atoms with Crippen molar-refractivity contribution in [2.45, 2.75) is 13.5 Å². The smallest absolute Gasteiger partial charge is 0.302 e. The maximum atomic E-state index is 10.4. The zero-order valence-electron chi connectivity index (χ0n) is 7.43. The van der Waals surface area contributed by atoms with Gasteiger partial charge >= 0.3 is 5.97 Å². The normalized spacial score (nSPS) is 7.92. The third-order valence-corrected chi connectivity index (χ3v) is 1.28. The number of benzene rings is 1. The van der Waals surface area contributed by atoms with Crippen molar-refractivity contribution in [1.29, 1.82) is 5.26 Å². The number of rotatable bonds is 2. The molecule has 13 heavy (non-hydrogen) atoms. The summed E-state index contributed by atoms with van der Waals surface area (Å²) in [5.41, 5.74) is 1.02. The van der Waals surface area contributed by atoms with Crippen molar-refractivity contribution in [1.82, 2.24) is 0 Å². The lowest BCUT2D eigenvalue weighted by atomic mass is 10.2. The van der Waals surface area contributed by atoms with E-state index in [0.29, 0.717) is 6.61 Å². The highest BCUT2D eigenvalue weighted by atomic mass is 16.5. The Hall–Kier alpha value is -1.82. The van der Waals surface area contributed by atoms with E-state index >= 15 is 0 Å². The van der Waals surface area contributed by atoms with E-state index in [2.05, 4.69) is 6.57 Å². The molecule has 0 radical (unpaired) electrons. The van der Waals surface area contributed by atoms with Gasteiger partial charge in [-0.2, -0.15) is 0 Å². The number of carbonyl (C=O) groups excluding carboxylic acids is 1. The van der Waals surface area contributed by atoms with Crippen LogP contribution < -0.4 is 0 Å². The van der Waals surface area contributed by atoms with Gasteiger partial charge in [-0.3, -0.25) is 4.79 Å². The van der Waals surface area contributed by atoms with E-state index in [0.717, 1.165) is 5.56 Å². The number of ether oxygens (including phenoxy) is 1. The quantitative estimate of drug-likeness (QED) is 0.648. The van der Waals surface area contributed by atoms with Crippen LogP contribution in [0.3, 0.4) is 0 Å². The summed E-state index contributed by atoms with van der Waals surface area (Å²) in [6, 6.07) is 9.60. The minimum absolute atomic E-state index is 0.242. The predicted octanol–water partition coefficient (Wildman–Crippen LogP) is 1.89. The molecule has 1 aromatic rings. The largest absolute Gasteiger partial charge is 0.461 e. The zero-order valence-corrected chi connectivity index (χ0v) is 7.43. The molecule has 0 amide bonds. The molecule has 3 nitrogen and oxygen atoms in total. The monoisotopic (exact) mass is 177 g/mol. The Balaban J connectivity index is 0.000000671. The zero-order chi connectivity index (χ0) is 10.1. The molecule has 1 aromatic carbocycles. The molecule has 0 spiro atoms. The molecule has 0 fully saturated rings. The fourth-order valence-corrected chi connectivity index (χ4v) is 0.759. The highest BCUT2D eigenvalue weighted by Crippen LogP contribution is 1.99. The summed E-state index contributed by atoms with van der Waals surface area (Å²) in [5.74, 6) is -0.242. The van der Waals surface area contributed by atoms with E-state index < -0.39 is 0 Å². The lowest BCUT2D eigenvalue weighted by molar-refractivity contribution is -0.142. The van der Waals surface area contributed by atoms with Gasteiger partial charge in [0.05, 0.1) is 0 Å². The topological polar surface area (TPSA) is 50.1 Å². The molecule has 0 aliphatic carbocycles. The first-order chi connectivity index (χ1) is 6.29. The number of hydrogen-bond acceptors (Lipinski definition) is 3. The average molecular weight is 177 g/mol. The number of nitrogens with zero attached hydrogens (tertiary/aromatic N) is 1. The van der Waals surface area contributed by atoms with Crippen LogP contribution in [0.25, 0.3) is 0 Å². The number of hydrogen-bond donors (Lipinski definition) is 0. The number of nitriles is 1. The summed E-state index contributed by atoms with van der Waals surface area (Å²) < 4.78 is 4.79. The molecule has 0 saturated carbocycles. The lowest BCUT2D eigenvalue weighted by Crippen LogP contribution is -1.97. The van der Waals surface area contributed by atoms with E-state index in [9.17, 15) is 4.79 Å². The Morgan fingerprint density at radius 3 is 2.38 bits per heavy atom. The van der Waals surface area contributed by atoms with E-state index in [1.165, 1.54) is 6.92 Å². The highest BCUT2D eigenvalue weighted by molar-refractivity contribution is 5.65. The molecule has 3 heteroatoms. The van der Waals surface area contributed by atoms with Gasteiger partial charge in [0, 0.05) is 13.5 Å². The van der Waals surface area contributed by atoms with Gasteiger partial charge in [0.1, 0.15) is 6.61 Å². The summed E-state index contributed by atoms with van der Waals surface area (Å²) in [6.07, 6.45) is 0. The van der Waals surface area contributed by atoms with Gasteiger partial charge in [-0.15, -0.1) is 0 Å². The fraction of sp³-hybridized carbons (Fsp3) is 0.200. The van der Waals surface area contributed by atoms with Crippen molar-refractivity contribution in [2.24, 2.45) is 0 Å². The molecular weight excluding hydrogens is 166 g/mol. The molecule has 0 N–H and O–H groups in total. The summed E-state index contributed by atoms with van der Waals surface area (Å²) >= 11 is 0. The van der Waals surface area contributed by atoms with Gasteiger partial charge in [-0.1, -0.05) is 30.3 Å². The van der Waals surface area contributed by atoms with E-state index in [-0.39, 0.29) is 5.97 Å². The first-order valence-electron chi connectivity index (χ1n) is 3.72. The Kier molecular flexibility index (Phi) is 5.90. The van der Waals surface area contributed by atoms with Crippen molar-refractivity contribution in [3.8, 4) is 6.57 Å². The Labute approximate surface area is 77.6 Å². The molecule has 0 heterocycles. The van der Waals surface area contributed by atoms with Crippen LogP contribution in [0.1, 0.15) is 12.5 Å². The number of esters is 1. The van der Waals surface area contributed by atoms with Gasteiger partial charge in [0.25, 0.3) is 0 Å². The molecule has 0 aliphatic rings. The second-order valence-corrected chi connectivity index (χ2v) is 2.27. The second kappa shape index (κ2) is 6.86. The number of carbonyl (C=O) groups is 1. The highest BCUT2D eigenvalue weighted by Gasteiger charge is 1.93. The first kappa shape index (κ1) is 11.2. The third kappa shape index (κ3) is 5.45. The summed E-state index contributed by atoms with van der Waals surface area (Å²) in [5, 5.41) is 6.50. The van der Waals surface area contributed by atoms with Crippen LogP contribution in [0.15, 0.2) is 30.3 Å². The van der Waals surface area contributed by atoms with Crippen LogP contribution in [0.2, 0.25) is 0 Å². The molecule has 0 saturated heterocycles. The Bertz CT molecular complexity index is 267. The van der Waals surface area contributed by atoms with Crippen LogP contribution in [-0.4, -0.2) is 5.97 Å². The van der Waals surface area contributed by atoms with Crippen molar-refractivity contribution < 1.29 is 9.53 Å². The molecule has 0 aliphatic heterocycles. The fourth-order valence-electron chi connectivity index (χ4n) is 0.759. The van der Waals surface area contributed by atoms with Crippen molar-refractivity contribution in [3.63, 3.8) is 0 Å². The molecule has 0 aromatic heterocycles. The minimum atomic E-state index is -0.242. The van der Waals surface area contributed by atoms with Crippen LogP contribution in [-0.2, 0) is 16.1 Å². The Morgan fingerprint density at radius 1 is 1.38 bits per heavy atom. The maximum Gasteiger partial charge on any atom is 0.302 e. The minimum Gasteiger partial charge on any atom is -0.461 e. The lowest BCUT2D eigenvalue weighted by Gasteiger charge is -1.99. The molecule has 0 bridgehead atoms. The average Bonchev–Trinajstić information content (AvgIpc) is 2.19. The van der Waals surface area contributed by atoms with Gasteiger partial charge in [-0.05, 0) is 5.56 Å². The Morgan fingerprint density at radius 2 is 1.92 bits per heavy atom. The van der Waals surface area contributed by atoms with E-state index in [4.69, 9.17) is 10.00 Å². The maximum absolute atomic E-state index is 10.4. The summed E-state index contributed by atoms with van der Waals surface area (Å²) in [6.45, 7) is 5.28. The molecule has 68 valence electrons. The van der Waals surface area contributed by atoms with Crippen LogP contribution in [0, 0.1) is 11.8 Å². The molecule has 1 rings (SSSR count). The predicted molar refractivity (Wildman–Crippen MR) is 48.6 cm³/mol. The van der Waals surface area contributed by atoms with Gasteiger partial charge in [0.15, 0.2) is 0 Å². The first-order valence-corrected chi connectivity index (χ1v) is 3.72. The van der Waals surface area contributed by atoms with Crippen molar-refractivity contribution >= 4 is 5.97 Å². The standard InChI is InChI=1S/C9H10O2.CHN/c1-8(10)11-7-9-5-3-2-4-6-9;1-2/h2-6H,7H2,1H3;1H. The molecular formula is C10H11NO2. The van der Waals surface area contributed by atoms with Crippen molar-refractivity contribution in [2.75, 3.05) is 0 Å². The summed E-state index contributed by atoms with van der Waals surface area (Å²) in [7, 11) is 0. The third-order valence-electron chi connectivity index (χ3n) is 1.28. The van der Waals surface area contributed by atoms with Crippen LogP contribution in [0.4, 0.5) is 0 Å². The molecule has 0 atom stereocenters. The van der Waals surface area contributed by atoms with E-state index in [1.54, 1.807) is 0 Å². The van der Waals surface area contributed by atoms with E-state index in [1.807, 2.05) is 30.3 Å². The SMILES string of the molecule is C#N.CC(=O)OCc1ccccc1. The van der Waals surface area contributed by atoms with Crippen LogP contribution >= 0.6 is 0 Å². The molecule has 0 unspecified atom stereocenters. The van der Waals surface area contributed by atoms with Gasteiger partial charge in [-0.25, -0.2) is 5.26 Å². The van der Waals surface area contributed by atoms with Crippen molar-refractivity contribution in [3.05, 3.63) is 35.9 Å².